The first-order valence-electron chi connectivity index (χ1n) is 10.7. The monoisotopic (exact) mass is 467 g/mol. The fourth-order valence-corrected chi connectivity index (χ4v) is 5.04. The molecule has 172 valence electrons. The van der Waals surface area contributed by atoms with Crippen LogP contribution in [0.2, 0.25) is 0 Å². The summed E-state index contributed by atoms with van der Waals surface area (Å²) in [7, 11) is 0. The fraction of sp³-hybridized carbons (Fsp3) is 0.348. The number of thiazole rings is 1. The number of hydrogen-bond donors (Lipinski definition) is 4. The van der Waals surface area contributed by atoms with E-state index in [0.717, 1.165) is 27.9 Å². The Morgan fingerprint density at radius 3 is 2.97 bits per heavy atom. The highest BCUT2D eigenvalue weighted by Gasteiger charge is 2.34. The van der Waals surface area contributed by atoms with Gasteiger partial charge in [0.1, 0.15) is 29.2 Å². The highest BCUT2D eigenvalue weighted by atomic mass is 32.1. The maximum atomic E-state index is 12.6. The van der Waals surface area contributed by atoms with Gasteiger partial charge in [0.2, 0.25) is 0 Å². The Labute approximate surface area is 195 Å². The summed E-state index contributed by atoms with van der Waals surface area (Å²) in [6, 6.07) is 11.0. The third kappa shape index (κ3) is 4.24. The maximum Gasteiger partial charge on any atom is 0.263 e. The minimum Gasteiger partial charge on any atom is -0.490 e. The van der Waals surface area contributed by atoms with Crippen LogP contribution in [0.25, 0.3) is 0 Å². The van der Waals surface area contributed by atoms with Crippen LogP contribution in [-0.4, -0.2) is 51.4 Å². The summed E-state index contributed by atoms with van der Waals surface area (Å²) < 4.78 is 5.85. The van der Waals surface area contributed by atoms with Crippen LogP contribution in [-0.2, 0) is 6.42 Å². The normalized spacial score (nSPS) is 17.5. The van der Waals surface area contributed by atoms with Crippen LogP contribution in [0, 0.1) is 0 Å². The van der Waals surface area contributed by atoms with Crippen LogP contribution in [0.3, 0.4) is 0 Å². The van der Waals surface area contributed by atoms with Gasteiger partial charge in [-0.25, -0.2) is 9.97 Å². The zero-order chi connectivity index (χ0) is 23.2. The quantitative estimate of drug-likeness (QED) is 0.452. The number of carbonyl (C=O) groups excluding carboxylic acids is 1. The van der Waals surface area contributed by atoms with Gasteiger partial charge in [0.05, 0.1) is 30.2 Å². The molecule has 9 nitrogen and oxygen atoms in total. The summed E-state index contributed by atoms with van der Waals surface area (Å²) in [4.78, 5) is 24.5. The Bertz CT molecular complexity index is 1210. The molecule has 2 aliphatic heterocycles. The first kappa shape index (κ1) is 21.6. The van der Waals surface area contributed by atoms with Crippen LogP contribution < -0.4 is 20.3 Å². The molecular weight excluding hydrogens is 442 g/mol. The minimum atomic E-state index is -1.03. The number of pyridine rings is 1. The summed E-state index contributed by atoms with van der Waals surface area (Å²) in [5.74, 6) is 1.21. The fourth-order valence-electron chi connectivity index (χ4n) is 4.02. The van der Waals surface area contributed by atoms with Crippen molar-refractivity contribution in [1.29, 1.82) is 0 Å². The minimum absolute atomic E-state index is 0.0788. The van der Waals surface area contributed by atoms with Crippen molar-refractivity contribution in [1.82, 2.24) is 15.3 Å². The molecule has 1 aromatic carbocycles. The number of rotatable bonds is 5. The molecule has 1 unspecified atom stereocenters. The van der Waals surface area contributed by atoms with Crippen LogP contribution in [0.4, 0.5) is 22.3 Å². The van der Waals surface area contributed by atoms with Crippen molar-refractivity contribution >= 4 is 39.6 Å². The van der Waals surface area contributed by atoms with E-state index in [4.69, 9.17) is 9.72 Å². The average Bonchev–Trinajstić information content (AvgIpc) is 3.21. The molecule has 4 heterocycles. The molecule has 0 spiro atoms. The first-order chi connectivity index (χ1) is 15.8. The molecule has 33 heavy (non-hydrogen) atoms. The molecule has 2 aliphatic rings. The van der Waals surface area contributed by atoms with Crippen molar-refractivity contribution < 1.29 is 19.7 Å². The molecule has 5 rings (SSSR count). The molecule has 1 amide bonds. The SMILES string of the molecule is CC1(C)Cc2nc(N3CCOc4ccc(Nc5cccc(C(O)CO)n5)cc43)sc2C(=O)N1. The highest BCUT2D eigenvalue weighted by molar-refractivity contribution is 7.17. The zero-order valence-corrected chi connectivity index (χ0v) is 19.1. The third-order valence-corrected chi connectivity index (χ3v) is 6.68. The molecule has 0 bridgehead atoms. The molecule has 0 saturated carbocycles. The molecule has 4 N–H and O–H groups in total. The summed E-state index contributed by atoms with van der Waals surface area (Å²) in [6.45, 7) is 4.73. The van der Waals surface area contributed by atoms with Crippen molar-refractivity contribution in [3.05, 3.63) is 52.7 Å². The van der Waals surface area contributed by atoms with E-state index >= 15 is 0 Å². The largest absolute Gasteiger partial charge is 0.490 e. The lowest BCUT2D eigenvalue weighted by molar-refractivity contribution is 0.0900. The van der Waals surface area contributed by atoms with Crippen molar-refractivity contribution in [3.63, 3.8) is 0 Å². The van der Waals surface area contributed by atoms with Crippen LogP contribution in [0.5, 0.6) is 5.75 Å². The van der Waals surface area contributed by atoms with Gasteiger partial charge < -0.3 is 30.5 Å². The second kappa shape index (κ2) is 8.29. The molecule has 0 fully saturated rings. The molecule has 3 aromatic rings. The number of benzene rings is 1. The van der Waals surface area contributed by atoms with E-state index in [0.29, 0.717) is 36.0 Å². The molecular formula is C23H25N5O4S. The van der Waals surface area contributed by atoms with Crippen LogP contribution >= 0.6 is 11.3 Å². The zero-order valence-electron chi connectivity index (χ0n) is 18.3. The van der Waals surface area contributed by atoms with Crippen molar-refractivity contribution in [2.24, 2.45) is 0 Å². The van der Waals surface area contributed by atoms with E-state index in [2.05, 4.69) is 20.5 Å². The third-order valence-electron chi connectivity index (χ3n) is 5.56. The lowest BCUT2D eigenvalue weighted by Crippen LogP contribution is -2.48. The lowest BCUT2D eigenvalue weighted by Gasteiger charge is -2.30. The van der Waals surface area contributed by atoms with Gasteiger partial charge in [-0.1, -0.05) is 17.4 Å². The Morgan fingerprint density at radius 1 is 1.30 bits per heavy atom. The number of aromatic nitrogens is 2. The number of nitrogens with one attached hydrogen (secondary N) is 2. The smallest absolute Gasteiger partial charge is 0.263 e. The predicted octanol–water partition coefficient (Wildman–Crippen LogP) is 2.90. The predicted molar refractivity (Wildman–Crippen MR) is 126 cm³/mol. The summed E-state index contributed by atoms with van der Waals surface area (Å²) >= 11 is 1.39. The Balaban J connectivity index is 1.45. The number of aliphatic hydroxyl groups is 2. The Hall–Kier alpha value is -3.21. The van der Waals surface area contributed by atoms with Gasteiger partial charge >= 0.3 is 0 Å². The molecule has 2 aromatic heterocycles. The molecule has 0 radical (unpaired) electrons. The highest BCUT2D eigenvalue weighted by Crippen LogP contribution is 2.42. The lowest BCUT2D eigenvalue weighted by atomic mass is 9.94. The van der Waals surface area contributed by atoms with Gasteiger partial charge in [-0.2, -0.15) is 0 Å². The van der Waals surface area contributed by atoms with Gasteiger partial charge in [0, 0.05) is 17.6 Å². The van der Waals surface area contributed by atoms with Crippen LogP contribution in [0.1, 0.15) is 41.0 Å². The van der Waals surface area contributed by atoms with E-state index in [1.54, 1.807) is 18.2 Å². The molecule has 0 aliphatic carbocycles. The molecule has 1 atom stereocenters. The molecule has 0 saturated heterocycles. The summed E-state index contributed by atoms with van der Waals surface area (Å²) in [6.07, 6.45) is -0.345. The maximum absolute atomic E-state index is 12.6. The van der Waals surface area contributed by atoms with E-state index in [1.807, 2.05) is 32.0 Å². The van der Waals surface area contributed by atoms with Gasteiger partial charge in [-0.15, -0.1) is 0 Å². The van der Waals surface area contributed by atoms with Gasteiger partial charge in [0.15, 0.2) is 5.13 Å². The number of hydrogen-bond acceptors (Lipinski definition) is 9. The van der Waals surface area contributed by atoms with E-state index in [-0.39, 0.29) is 11.4 Å². The number of anilines is 4. The van der Waals surface area contributed by atoms with E-state index in [9.17, 15) is 15.0 Å². The topological polar surface area (TPSA) is 120 Å². The number of nitrogens with zero attached hydrogens (tertiary/aromatic N) is 3. The van der Waals surface area contributed by atoms with Crippen molar-refractivity contribution in [3.8, 4) is 5.75 Å². The number of aliphatic hydroxyl groups excluding tert-OH is 2. The summed E-state index contributed by atoms with van der Waals surface area (Å²) in [5, 5.41) is 26.1. The second-order valence-electron chi connectivity index (χ2n) is 8.74. The average molecular weight is 468 g/mol. The number of fused-ring (bicyclic) bond motifs is 2. The number of amides is 1. The van der Waals surface area contributed by atoms with Crippen LogP contribution in [0.15, 0.2) is 36.4 Å². The first-order valence-corrected chi connectivity index (χ1v) is 11.5. The standard InChI is InChI=1S/C23H25N5O4S/c1-23(2)11-15-20(21(31)27-23)33-22(26-15)28-8-9-32-18-7-6-13(10-16(18)28)24-19-5-3-4-14(25-19)17(30)12-29/h3-7,10,17,29-30H,8-9,11-12H2,1-2H3,(H,24,25)(H,27,31). The number of carbonyl (C=O) groups is 1. The van der Waals surface area contributed by atoms with Gasteiger partial charge in [-0.05, 0) is 44.2 Å². The summed E-state index contributed by atoms with van der Waals surface area (Å²) in [5.41, 5.74) is 2.53. The van der Waals surface area contributed by atoms with Gasteiger partial charge in [-0.3, -0.25) is 4.79 Å². The van der Waals surface area contributed by atoms with Crippen molar-refractivity contribution in [2.45, 2.75) is 31.9 Å². The Morgan fingerprint density at radius 2 is 2.15 bits per heavy atom. The second-order valence-corrected chi connectivity index (χ2v) is 9.72. The van der Waals surface area contributed by atoms with E-state index in [1.165, 1.54) is 11.3 Å². The Kier molecular flexibility index (Phi) is 5.43. The van der Waals surface area contributed by atoms with E-state index < -0.39 is 12.7 Å². The molecule has 10 heteroatoms. The van der Waals surface area contributed by atoms with Gasteiger partial charge in [0.25, 0.3) is 5.91 Å². The number of ether oxygens (including phenoxy) is 1. The van der Waals surface area contributed by atoms with Crippen molar-refractivity contribution in [2.75, 3.05) is 30.0 Å².